The van der Waals surface area contributed by atoms with Crippen molar-refractivity contribution in [2.75, 3.05) is 0 Å². The van der Waals surface area contributed by atoms with Crippen LogP contribution in [0, 0.1) is 0 Å². The van der Waals surface area contributed by atoms with Crippen LogP contribution in [-0.2, 0) is 10.2 Å². The second-order valence-corrected chi connectivity index (χ2v) is 8.21. The van der Waals surface area contributed by atoms with Gasteiger partial charge >= 0.3 is 0 Å². The lowest BCUT2D eigenvalue weighted by atomic mass is 9.73. The van der Waals surface area contributed by atoms with Gasteiger partial charge in [0.05, 0.1) is 5.41 Å². The lowest BCUT2D eigenvalue weighted by molar-refractivity contribution is -0.119. The molecular weight excluding hydrogens is 399 g/mol. The summed E-state index contributed by atoms with van der Waals surface area (Å²) in [6.45, 7) is 0. The van der Waals surface area contributed by atoms with Crippen molar-refractivity contribution in [2.24, 2.45) is 5.73 Å². The van der Waals surface area contributed by atoms with Crippen molar-refractivity contribution in [3.63, 3.8) is 0 Å². The summed E-state index contributed by atoms with van der Waals surface area (Å²) >= 11 is 30.8. The summed E-state index contributed by atoms with van der Waals surface area (Å²) in [5.74, 6) is -0.596. The highest BCUT2D eigenvalue weighted by Crippen LogP contribution is 2.53. The number of primary amides is 1. The number of rotatable bonds is 4. The molecule has 0 radical (unpaired) electrons. The molecule has 0 spiro atoms. The predicted octanol–water partition coefficient (Wildman–Crippen LogP) is 5.53. The van der Waals surface area contributed by atoms with Crippen molar-refractivity contribution in [2.45, 2.75) is 15.6 Å². The zero-order chi connectivity index (χ0) is 17.3. The Hall–Kier alpha value is -0.640. The maximum absolute atomic E-state index is 11.7. The van der Waals surface area contributed by atoms with E-state index >= 15 is 0 Å². The average molecular weight is 412 g/mol. The van der Waals surface area contributed by atoms with Crippen LogP contribution in [0.5, 0.6) is 0 Å². The van der Waals surface area contributed by atoms with Crippen LogP contribution in [0.4, 0.5) is 0 Å². The minimum Gasteiger partial charge on any atom is -0.370 e. The van der Waals surface area contributed by atoms with Crippen LogP contribution in [0.1, 0.15) is 17.5 Å². The number of alkyl halides is 3. The van der Waals surface area contributed by atoms with Crippen molar-refractivity contribution in [3.8, 4) is 0 Å². The van der Waals surface area contributed by atoms with Gasteiger partial charge in [-0.25, -0.2) is 0 Å². The summed E-state index contributed by atoms with van der Waals surface area (Å²) < 4.78 is -1.83. The molecule has 0 bridgehead atoms. The number of carbonyl (C=O) groups excluding carboxylic acids is 1. The number of hydrogen-bond donors (Lipinski definition) is 1. The van der Waals surface area contributed by atoms with Crippen molar-refractivity contribution in [1.29, 1.82) is 0 Å². The Morgan fingerprint density at radius 2 is 1.17 bits per heavy atom. The molecule has 0 fully saturated rings. The third-order valence-electron chi connectivity index (χ3n) is 3.60. The Kier molecular flexibility index (Phi) is 5.76. The highest BCUT2D eigenvalue weighted by atomic mass is 35.6. The Bertz CT molecular complexity index is 646. The largest absolute Gasteiger partial charge is 0.370 e. The molecule has 23 heavy (non-hydrogen) atoms. The van der Waals surface area contributed by atoms with Crippen molar-refractivity contribution in [3.05, 3.63) is 69.7 Å². The van der Waals surface area contributed by atoms with E-state index < -0.39 is 15.1 Å². The van der Waals surface area contributed by atoms with Gasteiger partial charge in [-0.15, -0.1) is 0 Å². The van der Waals surface area contributed by atoms with Crippen LogP contribution in [0.3, 0.4) is 0 Å². The molecule has 0 aliphatic rings. The van der Waals surface area contributed by atoms with Gasteiger partial charge in [0, 0.05) is 16.5 Å². The van der Waals surface area contributed by atoms with E-state index in [1.807, 2.05) is 0 Å². The normalized spacial score (nSPS) is 12.2. The molecule has 2 rings (SSSR count). The van der Waals surface area contributed by atoms with Gasteiger partial charge in [0.1, 0.15) is 0 Å². The summed E-state index contributed by atoms with van der Waals surface area (Å²) in [6, 6.07) is 13.5. The first-order chi connectivity index (χ1) is 10.7. The molecule has 0 atom stereocenters. The molecule has 0 aromatic heterocycles. The molecule has 0 saturated heterocycles. The van der Waals surface area contributed by atoms with Crippen molar-refractivity contribution in [1.82, 2.24) is 0 Å². The van der Waals surface area contributed by atoms with Crippen molar-refractivity contribution < 1.29 is 4.79 Å². The predicted molar refractivity (Wildman–Crippen MR) is 97.8 cm³/mol. The lowest BCUT2D eigenvalue weighted by Gasteiger charge is -2.40. The first-order valence-electron chi connectivity index (χ1n) is 6.54. The minimum absolute atomic E-state index is 0.188. The quantitative estimate of drug-likeness (QED) is 0.661. The molecule has 2 aromatic rings. The van der Waals surface area contributed by atoms with Gasteiger partial charge in [0.2, 0.25) is 9.70 Å². The number of amides is 1. The van der Waals surface area contributed by atoms with E-state index in [-0.39, 0.29) is 6.42 Å². The van der Waals surface area contributed by atoms with Crippen LogP contribution >= 0.6 is 58.0 Å². The average Bonchev–Trinajstić information content (AvgIpc) is 2.45. The Morgan fingerprint density at radius 3 is 1.43 bits per heavy atom. The van der Waals surface area contributed by atoms with Gasteiger partial charge in [-0.05, 0) is 35.4 Å². The van der Waals surface area contributed by atoms with Gasteiger partial charge in [0.25, 0.3) is 0 Å². The number of carbonyl (C=O) groups is 1. The zero-order valence-electron chi connectivity index (χ0n) is 11.7. The molecular formula is C16H12Cl5NO. The van der Waals surface area contributed by atoms with E-state index in [9.17, 15) is 4.79 Å². The number of halogens is 5. The third-order valence-corrected chi connectivity index (χ3v) is 5.07. The lowest BCUT2D eigenvalue weighted by Crippen LogP contribution is -2.44. The standard InChI is InChI=1S/C16H12Cl5NO/c17-12-5-1-10(2-6-12)15(9-14(22)23,16(19,20)21)11-3-7-13(18)8-4-11/h1-8H,9H2,(H2,22,23). The highest BCUT2D eigenvalue weighted by Gasteiger charge is 2.52. The smallest absolute Gasteiger partial charge is 0.218 e. The van der Waals surface area contributed by atoms with E-state index in [4.69, 9.17) is 63.7 Å². The molecule has 0 aliphatic carbocycles. The number of hydrogen-bond acceptors (Lipinski definition) is 1. The second-order valence-electron chi connectivity index (χ2n) is 5.06. The number of benzene rings is 2. The molecule has 122 valence electrons. The van der Waals surface area contributed by atoms with Gasteiger partial charge < -0.3 is 5.73 Å². The van der Waals surface area contributed by atoms with E-state index in [0.717, 1.165) is 0 Å². The molecule has 2 aromatic carbocycles. The van der Waals surface area contributed by atoms with Crippen LogP contribution in [-0.4, -0.2) is 9.70 Å². The first kappa shape index (κ1) is 18.7. The summed E-state index contributed by atoms with van der Waals surface area (Å²) in [5.41, 5.74) is 5.41. The number of nitrogens with two attached hydrogens (primary N) is 1. The summed E-state index contributed by atoms with van der Waals surface area (Å²) in [4.78, 5) is 11.7. The molecule has 7 heteroatoms. The van der Waals surface area contributed by atoms with Gasteiger partial charge in [-0.2, -0.15) is 0 Å². The Labute approximate surface area is 159 Å². The molecule has 2 N–H and O–H groups in total. The maximum Gasteiger partial charge on any atom is 0.218 e. The van der Waals surface area contributed by atoms with Crippen LogP contribution in [0.15, 0.2) is 48.5 Å². The Morgan fingerprint density at radius 1 is 0.826 bits per heavy atom. The Balaban J connectivity index is 2.76. The first-order valence-corrected chi connectivity index (χ1v) is 8.43. The topological polar surface area (TPSA) is 43.1 Å². The van der Waals surface area contributed by atoms with E-state index in [1.54, 1.807) is 48.5 Å². The summed E-state index contributed by atoms with van der Waals surface area (Å²) in [5, 5.41) is 1.06. The molecule has 0 heterocycles. The fourth-order valence-electron chi connectivity index (χ4n) is 2.53. The molecule has 0 unspecified atom stereocenters. The fraction of sp³-hybridized carbons (Fsp3) is 0.188. The second kappa shape index (κ2) is 7.08. The molecule has 0 aliphatic heterocycles. The fourth-order valence-corrected chi connectivity index (χ4v) is 3.64. The maximum atomic E-state index is 11.7. The van der Waals surface area contributed by atoms with Crippen molar-refractivity contribution >= 4 is 63.9 Å². The summed E-state index contributed by atoms with van der Waals surface area (Å²) in [7, 11) is 0. The molecule has 2 nitrogen and oxygen atoms in total. The van der Waals surface area contributed by atoms with E-state index in [0.29, 0.717) is 21.2 Å². The van der Waals surface area contributed by atoms with Crippen LogP contribution in [0.2, 0.25) is 10.0 Å². The summed E-state index contributed by atoms with van der Waals surface area (Å²) in [6.07, 6.45) is -0.188. The van der Waals surface area contributed by atoms with Crippen LogP contribution < -0.4 is 5.73 Å². The minimum atomic E-state index is -1.83. The van der Waals surface area contributed by atoms with E-state index in [2.05, 4.69) is 0 Å². The van der Waals surface area contributed by atoms with Gasteiger partial charge in [0.15, 0.2) is 0 Å². The molecule has 1 amide bonds. The highest BCUT2D eigenvalue weighted by molar-refractivity contribution is 6.68. The van der Waals surface area contributed by atoms with E-state index in [1.165, 1.54) is 0 Å². The third kappa shape index (κ3) is 3.89. The van der Waals surface area contributed by atoms with Crippen LogP contribution in [0.25, 0.3) is 0 Å². The monoisotopic (exact) mass is 409 g/mol. The molecule has 0 saturated carbocycles. The zero-order valence-corrected chi connectivity index (χ0v) is 15.5. The SMILES string of the molecule is NC(=O)CC(c1ccc(Cl)cc1)(c1ccc(Cl)cc1)C(Cl)(Cl)Cl. The van der Waals surface area contributed by atoms with Gasteiger partial charge in [-0.3, -0.25) is 4.79 Å². The van der Waals surface area contributed by atoms with Gasteiger partial charge in [-0.1, -0.05) is 82.3 Å².